The van der Waals surface area contributed by atoms with Gasteiger partial charge in [-0.25, -0.2) is 0 Å². The molecule has 0 aliphatic carbocycles. The van der Waals surface area contributed by atoms with E-state index in [0.29, 0.717) is 0 Å². The van der Waals surface area contributed by atoms with Crippen LogP contribution in [0.5, 0.6) is 0 Å². The molecule has 98 valence electrons. The summed E-state index contributed by atoms with van der Waals surface area (Å²) in [4.78, 5) is 0. The second-order valence-electron chi connectivity index (χ2n) is 4.38. The topological polar surface area (TPSA) is 43.0 Å². The smallest absolute Gasteiger partial charge is 0.141 e. The molecular formula is C14H14BrN3O. The van der Waals surface area contributed by atoms with Crippen molar-refractivity contribution >= 4 is 26.8 Å². The molecule has 0 aliphatic rings. The molecule has 5 heteroatoms. The molecule has 0 aliphatic heterocycles. The summed E-state index contributed by atoms with van der Waals surface area (Å²) in [5, 5.41) is 9.03. The van der Waals surface area contributed by atoms with E-state index in [4.69, 9.17) is 4.42 Å². The molecule has 1 unspecified atom stereocenters. The summed E-state index contributed by atoms with van der Waals surface area (Å²) < 4.78 is 8.41. The van der Waals surface area contributed by atoms with Crippen molar-refractivity contribution in [3.8, 4) is 0 Å². The Labute approximate surface area is 119 Å². The van der Waals surface area contributed by atoms with Gasteiger partial charge in [0.15, 0.2) is 0 Å². The van der Waals surface area contributed by atoms with E-state index in [-0.39, 0.29) is 6.04 Å². The fourth-order valence-corrected chi connectivity index (χ4v) is 2.79. The molecule has 2 heterocycles. The maximum atomic E-state index is 5.57. The average molecular weight is 320 g/mol. The van der Waals surface area contributed by atoms with Crippen molar-refractivity contribution in [2.24, 2.45) is 7.05 Å². The maximum absolute atomic E-state index is 5.57. The van der Waals surface area contributed by atoms with Crippen molar-refractivity contribution in [3.63, 3.8) is 0 Å². The molecule has 0 spiro atoms. The van der Waals surface area contributed by atoms with E-state index in [2.05, 4.69) is 38.5 Å². The predicted molar refractivity (Wildman–Crippen MR) is 78.0 cm³/mol. The lowest BCUT2D eigenvalue weighted by Gasteiger charge is -2.12. The fraction of sp³-hybridized carbons (Fsp3) is 0.214. The minimum absolute atomic E-state index is 0.0736. The number of halogens is 1. The Morgan fingerprint density at radius 1 is 1.32 bits per heavy atom. The van der Waals surface area contributed by atoms with Crippen LogP contribution in [0.15, 0.2) is 45.5 Å². The Morgan fingerprint density at radius 3 is 2.79 bits per heavy atom. The van der Waals surface area contributed by atoms with Crippen LogP contribution in [0.25, 0.3) is 10.9 Å². The minimum atomic E-state index is -0.0736. The SMILES string of the molecule is CNC(c1occc1Br)c1nn(C)c2ccccc12. The van der Waals surface area contributed by atoms with Crippen molar-refractivity contribution in [2.75, 3.05) is 7.05 Å². The first-order chi connectivity index (χ1) is 9.22. The van der Waals surface area contributed by atoms with Gasteiger partial charge < -0.3 is 9.73 Å². The summed E-state index contributed by atoms with van der Waals surface area (Å²) in [6.45, 7) is 0. The van der Waals surface area contributed by atoms with Crippen LogP contribution >= 0.6 is 15.9 Å². The van der Waals surface area contributed by atoms with Crippen LogP contribution in [0, 0.1) is 0 Å². The first-order valence-corrected chi connectivity index (χ1v) is 6.83. The number of rotatable bonds is 3. The van der Waals surface area contributed by atoms with Gasteiger partial charge in [-0.3, -0.25) is 4.68 Å². The molecule has 2 aromatic heterocycles. The number of benzene rings is 1. The van der Waals surface area contributed by atoms with Crippen LogP contribution in [0.3, 0.4) is 0 Å². The van der Waals surface area contributed by atoms with E-state index in [9.17, 15) is 0 Å². The standard InChI is InChI=1S/C14H14BrN3O/c1-16-13(14-10(15)7-8-19-14)12-9-5-3-4-6-11(9)18(2)17-12/h3-8,13,16H,1-2H3. The molecule has 0 radical (unpaired) electrons. The number of aryl methyl sites for hydroxylation is 1. The summed E-state index contributed by atoms with van der Waals surface area (Å²) in [5.74, 6) is 0.839. The molecule has 3 rings (SSSR count). The van der Waals surface area contributed by atoms with Crippen molar-refractivity contribution in [2.45, 2.75) is 6.04 Å². The van der Waals surface area contributed by atoms with Gasteiger partial charge in [0.1, 0.15) is 11.8 Å². The van der Waals surface area contributed by atoms with Crippen LogP contribution < -0.4 is 5.32 Å². The molecule has 0 saturated heterocycles. The normalized spacial score (nSPS) is 13.0. The number of hydrogen-bond acceptors (Lipinski definition) is 3. The average Bonchev–Trinajstić information content (AvgIpc) is 2.98. The Kier molecular flexibility index (Phi) is 3.16. The summed E-state index contributed by atoms with van der Waals surface area (Å²) in [6.07, 6.45) is 1.68. The number of furan rings is 1. The molecule has 3 aromatic rings. The van der Waals surface area contributed by atoms with Crippen LogP contribution in [0.1, 0.15) is 17.5 Å². The van der Waals surface area contributed by atoms with E-state index in [1.54, 1.807) is 6.26 Å². The summed E-state index contributed by atoms with van der Waals surface area (Å²) in [6, 6.07) is 10.0. The van der Waals surface area contributed by atoms with Gasteiger partial charge in [0.25, 0.3) is 0 Å². The number of para-hydroxylation sites is 1. The van der Waals surface area contributed by atoms with Crippen LogP contribution in [-0.4, -0.2) is 16.8 Å². The molecule has 4 nitrogen and oxygen atoms in total. The zero-order chi connectivity index (χ0) is 13.4. The van der Waals surface area contributed by atoms with Gasteiger partial charge >= 0.3 is 0 Å². The first kappa shape index (κ1) is 12.4. The third kappa shape index (κ3) is 1.99. The largest absolute Gasteiger partial charge is 0.466 e. The molecule has 19 heavy (non-hydrogen) atoms. The minimum Gasteiger partial charge on any atom is -0.466 e. The third-order valence-corrected chi connectivity index (χ3v) is 3.91. The highest BCUT2D eigenvalue weighted by Crippen LogP contribution is 2.32. The second kappa shape index (κ2) is 4.83. The predicted octanol–water partition coefficient (Wildman–Crippen LogP) is 3.24. The number of hydrogen-bond donors (Lipinski definition) is 1. The Bertz CT molecular complexity index is 716. The van der Waals surface area contributed by atoms with Crippen molar-refractivity contribution in [3.05, 3.63) is 52.5 Å². The fourth-order valence-electron chi connectivity index (χ4n) is 2.36. The van der Waals surface area contributed by atoms with E-state index < -0.39 is 0 Å². The van der Waals surface area contributed by atoms with E-state index in [0.717, 1.165) is 26.8 Å². The van der Waals surface area contributed by atoms with E-state index >= 15 is 0 Å². The zero-order valence-electron chi connectivity index (χ0n) is 10.7. The van der Waals surface area contributed by atoms with Gasteiger partial charge in [-0.2, -0.15) is 5.10 Å². The molecule has 0 amide bonds. The molecular weight excluding hydrogens is 306 g/mol. The maximum Gasteiger partial charge on any atom is 0.141 e. The lowest BCUT2D eigenvalue weighted by molar-refractivity contribution is 0.455. The molecule has 0 fully saturated rings. The lowest BCUT2D eigenvalue weighted by atomic mass is 10.1. The summed E-state index contributed by atoms with van der Waals surface area (Å²) >= 11 is 3.51. The second-order valence-corrected chi connectivity index (χ2v) is 5.23. The quantitative estimate of drug-likeness (QED) is 0.806. The first-order valence-electron chi connectivity index (χ1n) is 6.04. The summed E-state index contributed by atoms with van der Waals surface area (Å²) in [5.41, 5.74) is 2.08. The molecule has 0 saturated carbocycles. The number of nitrogens with zero attached hydrogens (tertiary/aromatic N) is 2. The van der Waals surface area contributed by atoms with E-state index in [1.165, 1.54) is 0 Å². The molecule has 0 bridgehead atoms. The van der Waals surface area contributed by atoms with Gasteiger partial charge in [-0.05, 0) is 35.1 Å². The Morgan fingerprint density at radius 2 is 2.11 bits per heavy atom. The lowest BCUT2D eigenvalue weighted by Crippen LogP contribution is -2.18. The monoisotopic (exact) mass is 319 g/mol. The van der Waals surface area contributed by atoms with Gasteiger partial charge in [0, 0.05) is 12.4 Å². The van der Waals surface area contributed by atoms with Crippen LogP contribution in [-0.2, 0) is 7.05 Å². The van der Waals surface area contributed by atoms with Gasteiger partial charge in [-0.1, -0.05) is 18.2 Å². The highest BCUT2D eigenvalue weighted by molar-refractivity contribution is 9.10. The summed E-state index contributed by atoms with van der Waals surface area (Å²) in [7, 11) is 3.86. The van der Waals surface area contributed by atoms with Gasteiger partial charge in [0.2, 0.25) is 0 Å². The molecule has 1 atom stereocenters. The van der Waals surface area contributed by atoms with Crippen molar-refractivity contribution in [1.82, 2.24) is 15.1 Å². The Hall–Kier alpha value is -1.59. The number of nitrogens with one attached hydrogen (secondary N) is 1. The van der Waals surface area contributed by atoms with Crippen LogP contribution in [0.2, 0.25) is 0 Å². The van der Waals surface area contributed by atoms with Crippen LogP contribution in [0.4, 0.5) is 0 Å². The Balaban J connectivity index is 2.20. The van der Waals surface area contributed by atoms with Crippen molar-refractivity contribution in [1.29, 1.82) is 0 Å². The number of aromatic nitrogens is 2. The van der Waals surface area contributed by atoms with Gasteiger partial charge in [0.05, 0.1) is 21.9 Å². The molecule has 1 N–H and O–H groups in total. The third-order valence-electron chi connectivity index (χ3n) is 3.26. The van der Waals surface area contributed by atoms with Gasteiger partial charge in [-0.15, -0.1) is 0 Å². The van der Waals surface area contributed by atoms with Crippen molar-refractivity contribution < 1.29 is 4.42 Å². The van der Waals surface area contributed by atoms with E-state index in [1.807, 2.05) is 37.0 Å². The zero-order valence-corrected chi connectivity index (χ0v) is 12.3. The highest BCUT2D eigenvalue weighted by Gasteiger charge is 2.23. The molecule has 1 aromatic carbocycles. The number of fused-ring (bicyclic) bond motifs is 1. The highest BCUT2D eigenvalue weighted by atomic mass is 79.9.